The SMILES string of the molecule is CC(=O)NCCCCNS(=O)(=O)c1cc(NC(=O)Cn2ncc(Cl)c(Cl)c2=O)ccc1C. The highest BCUT2D eigenvalue weighted by Gasteiger charge is 2.18. The fraction of sp³-hybridized carbons (Fsp3) is 0.368. The molecule has 32 heavy (non-hydrogen) atoms. The summed E-state index contributed by atoms with van der Waals surface area (Å²) in [5, 5.41) is 8.66. The molecule has 1 heterocycles. The van der Waals surface area contributed by atoms with Crippen molar-refractivity contribution >= 4 is 50.7 Å². The summed E-state index contributed by atoms with van der Waals surface area (Å²) in [4.78, 5) is 35.2. The Hall–Kier alpha value is -2.47. The van der Waals surface area contributed by atoms with Gasteiger partial charge in [-0.2, -0.15) is 5.10 Å². The molecule has 0 saturated carbocycles. The molecular weight excluding hydrogens is 481 g/mol. The molecule has 0 bridgehead atoms. The first kappa shape index (κ1) is 25.8. The summed E-state index contributed by atoms with van der Waals surface area (Å²) in [6, 6.07) is 4.44. The van der Waals surface area contributed by atoms with Gasteiger partial charge in [0.15, 0.2) is 0 Å². The highest BCUT2D eigenvalue weighted by atomic mass is 35.5. The molecule has 0 unspecified atom stereocenters. The molecule has 0 spiro atoms. The van der Waals surface area contributed by atoms with Crippen molar-refractivity contribution in [1.29, 1.82) is 0 Å². The standard InChI is InChI=1S/C19H23Cl2N5O5S/c1-12-5-6-14(25-17(28)11-26-19(29)18(21)15(20)10-23-26)9-16(12)32(30,31)24-8-4-3-7-22-13(2)27/h5-6,9-10,24H,3-4,7-8,11H2,1-2H3,(H,22,27)(H,25,28). The normalized spacial score (nSPS) is 11.2. The zero-order chi connectivity index (χ0) is 23.9. The molecule has 1 aromatic heterocycles. The Morgan fingerprint density at radius 2 is 1.84 bits per heavy atom. The lowest BCUT2D eigenvalue weighted by Crippen LogP contribution is -2.30. The summed E-state index contributed by atoms with van der Waals surface area (Å²) in [5.41, 5.74) is 0.0139. The van der Waals surface area contributed by atoms with Crippen LogP contribution in [-0.2, 0) is 26.2 Å². The van der Waals surface area contributed by atoms with Crippen LogP contribution >= 0.6 is 23.2 Å². The molecule has 0 aliphatic carbocycles. The molecule has 2 amide bonds. The van der Waals surface area contributed by atoms with Crippen molar-refractivity contribution in [2.75, 3.05) is 18.4 Å². The lowest BCUT2D eigenvalue weighted by molar-refractivity contribution is -0.119. The van der Waals surface area contributed by atoms with Crippen molar-refractivity contribution < 1.29 is 18.0 Å². The van der Waals surface area contributed by atoms with Crippen molar-refractivity contribution in [3.63, 3.8) is 0 Å². The van der Waals surface area contributed by atoms with Gasteiger partial charge >= 0.3 is 0 Å². The van der Waals surface area contributed by atoms with E-state index in [1.54, 1.807) is 19.1 Å². The zero-order valence-corrected chi connectivity index (χ0v) is 19.8. The molecule has 0 saturated heterocycles. The molecule has 2 aromatic rings. The molecule has 0 aliphatic heterocycles. The number of hydrogen-bond donors (Lipinski definition) is 3. The van der Waals surface area contributed by atoms with Crippen LogP contribution in [0.25, 0.3) is 0 Å². The number of carbonyl (C=O) groups is 2. The fourth-order valence-corrected chi connectivity index (χ4v) is 4.27. The molecule has 0 atom stereocenters. The van der Waals surface area contributed by atoms with E-state index in [9.17, 15) is 22.8 Å². The van der Waals surface area contributed by atoms with Crippen LogP contribution in [0.1, 0.15) is 25.3 Å². The number of aryl methyl sites for hydroxylation is 1. The van der Waals surface area contributed by atoms with Crippen LogP contribution in [0.5, 0.6) is 0 Å². The van der Waals surface area contributed by atoms with Gasteiger partial charge in [-0.3, -0.25) is 14.4 Å². The lowest BCUT2D eigenvalue weighted by Gasteiger charge is -2.12. The average Bonchev–Trinajstić information content (AvgIpc) is 2.72. The van der Waals surface area contributed by atoms with E-state index in [0.717, 1.165) is 10.9 Å². The van der Waals surface area contributed by atoms with E-state index < -0.39 is 28.0 Å². The Morgan fingerprint density at radius 1 is 1.16 bits per heavy atom. The van der Waals surface area contributed by atoms with Crippen LogP contribution in [-0.4, -0.2) is 43.1 Å². The summed E-state index contributed by atoms with van der Waals surface area (Å²) >= 11 is 11.5. The van der Waals surface area contributed by atoms with Crippen LogP contribution in [0.2, 0.25) is 10.0 Å². The average molecular weight is 504 g/mol. The maximum atomic E-state index is 12.7. The smallest absolute Gasteiger partial charge is 0.287 e. The van der Waals surface area contributed by atoms with E-state index in [1.165, 1.54) is 13.0 Å². The summed E-state index contributed by atoms with van der Waals surface area (Å²) in [7, 11) is -3.82. The number of nitrogens with one attached hydrogen (secondary N) is 3. The van der Waals surface area contributed by atoms with Crippen LogP contribution in [0.3, 0.4) is 0 Å². The van der Waals surface area contributed by atoms with Gasteiger partial charge in [-0.1, -0.05) is 29.3 Å². The molecule has 0 aliphatic rings. The Morgan fingerprint density at radius 3 is 2.53 bits per heavy atom. The minimum Gasteiger partial charge on any atom is -0.356 e. The lowest BCUT2D eigenvalue weighted by atomic mass is 10.2. The Bertz CT molecular complexity index is 1170. The van der Waals surface area contributed by atoms with Gasteiger partial charge in [0.25, 0.3) is 5.56 Å². The number of sulfonamides is 1. The van der Waals surface area contributed by atoms with E-state index in [2.05, 4.69) is 20.5 Å². The maximum absolute atomic E-state index is 12.7. The second-order valence-electron chi connectivity index (χ2n) is 6.89. The number of halogens is 2. The predicted molar refractivity (Wildman–Crippen MR) is 121 cm³/mol. The van der Waals surface area contributed by atoms with Crippen molar-refractivity contribution in [3.8, 4) is 0 Å². The minimum atomic E-state index is -3.82. The van der Waals surface area contributed by atoms with Crippen molar-refractivity contribution in [1.82, 2.24) is 19.8 Å². The number of carbonyl (C=O) groups excluding carboxylic acids is 2. The van der Waals surface area contributed by atoms with Gasteiger partial charge in [-0.15, -0.1) is 0 Å². The van der Waals surface area contributed by atoms with E-state index in [4.69, 9.17) is 23.2 Å². The number of nitrogens with zero attached hydrogens (tertiary/aromatic N) is 2. The number of aromatic nitrogens is 2. The summed E-state index contributed by atoms with van der Waals surface area (Å²) in [6.45, 7) is 3.28. The molecule has 1 aromatic carbocycles. The first-order chi connectivity index (χ1) is 15.0. The highest BCUT2D eigenvalue weighted by molar-refractivity contribution is 7.89. The molecule has 0 fully saturated rings. The maximum Gasteiger partial charge on any atom is 0.287 e. The molecule has 0 radical (unpaired) electrons. The monoisotopic (exact) mass is 503 g/mol. The Labute approximate surface area is 195 Å². The first-order valence-corrected chi connectivity index (χ1v) is 11.8. The van der Waals surface area contributed by atoms with E-state index in [1.807, 2.05) is 0 Å². The van der Waals surface area contributed by atoms with Gasteiger partial charge in [-0.25, -0.2) is 17.8 Å². The van der Waals surface area contributed by atoms with Gasteiger partial charge in [0.05, 0.1) is 16.1 Å². The van der Waals surface area contributed by atoms with Crippen molar-refractivity contribution in [3.05, 3.63) is 50.4 Å². The third kappa shape index (κ3) is 7.30. The van der Waals surface area contributed by atoms with Gasteiger partial charge < -0.3 is 10.6 Å². The number of anilines is 1. The molecule has 13 heteroatoms. The van der Waals surface area contributed by atoms with E-state index in [0.29, 0.717) is 24.9 Å². The predicted octanol–water partition coefficient (Wildman–Crippen LogP) is 1.69. The third-order valence-electron chi connectivity index (χ3n) is 4.27. The number of benzene rings is 1. The van der Waals surface area contributed by atoms with Crippen molar-refractivity contribution in [2.45, 2.75) is 38.1 Å². The quantitative estimate of drug-likeness (QED) is 0.421. The number of hydrogen-bond acceptors (Lipinski definition) is 6. The second kappa shape index (κ2) is 11.4. The Kier molecular flexibility index (Phi) is 9.20. The molecule has 174 valence electrons. The van der Waals surface area contributed by atoms with Crippen LogP contribution in [0, 0.1) is 6.92 Å². The highest BCUT2D eigenvalue weighted by Crippen LogP contribution is 2.20. The molecular formula is C19H23Cl2N5O5S. The summed E-state index contributed by atoms with van der Waals surface area (Å²) < 4.78 is 28.7. The Balaban J connectivity index is 2.03. The second-order valence-corrected chi connectivity index (χ2v) is 9.41. The summed E-state index contributed by atoms with van der Waals surface area (Å²) in [5.74, 6) is -0.740. The number of unbranched alkanes of at least 4 members (excludes halogenated alkanes) is 1. The first-order valence-electron chi connectivity index (χ1n) is 9.57. The third-order valence-corrected chi connectivity index (χ3v) is 6.62. The van der Waals surface area contributed by atoms with Gasteiger partial charge in [0.1, 0.15) is 11.6 Å². The van der Waals surface area contributed by atoms with Crippen LogP contribution < -0.4 is 20.9 Å². The van der Waals surface area contributed by atoms with E-state index >= 15 is 0 Å². The largest absolute Gasteiger partial charge is 0.356 e. The summed E-state index contributed by atoms with van der Waals surface area (Å²) in [6.07, 6.45) is 2.32. The van der Waals surface area contributed by atoms with E-state index in [-0.39, 0.29) is 33.1 Å². The minimum absolute atomic E-state index is 0.0157. The van der Waals surface area contributed by atoms with Gasteiger partial charge in [0.2, 0.25) is 21.8 Å². The zero-order valence-electron chi connectivity index (χ0n) is 17.4. The molecule has 3 N–H and O–H groups in total. The van der Waals surface area contributed by atoms with Gasteiger partial charge in [-0.05, 0) is 37.5 Å². The number of rotatable bonds is 10. The number of amides is 2. The van der Waals surface area contributed by atoms with Crippen LogP contribution in [0.4, 0.5) is 5.69 Å². The van der Waals surface area contributed by atoms with Crippen molar-refractivity contribution in [2.24, 2.45) is 0 Å². The topological polar surface area (TPSA) is 139 Å². The molecule has 10 nitrogen and oxygen atoms in total. The fourth-order valence-electron chi connectivity index (χ4n) is 2.66. The van der Waals surface area contributed by atoms with Gasteiger partial charge in [0, 0.05) is 25.7 Å². The van der Waals surface area contributed by atoms with Crippen LogP contribution in [0.15, 0.2) is 34.1 Å². The molecule has 2 rings (SSSR count).